The molecule has 0 aromatic heterocycles. The zero-order valence-corrected chi connectivity index (χ0v) is 7.10. The highest BCUT2D eigenvalue weighted by atomic mass is 16.5. The van der Waals surface area contributed by atoms with Gasteiger partial charge in [-0.25, -0.2) is 0 Å². The second-order valence-electron chi connectivity index (χ2n) is 3.62. The second kappa shape index (κ2) is 3.97. The standard InChI is InChI=1S/C9H18O/c1-8(2)7-9-5-3-4-6-10-9/h8-9H,3-7H2,1-2H3. The molecular formula is C9H18O. The molecule has 60 valence electrons. The Balaban J connectivity index is 2.13. The topological polar surface area (TPSA) is 9.23 Å². The Kier molecular flexibility index (Phi) is 3.20. The van der Waals surface area contributed by atoms with Crippen LogP contribution < -0.4 is 0 Å². The summed E-state index contributed by atoms with van der Waals surface area (Å²) in [5.41, 5.74) is 0. The molecular weight excluding hydrogens is 124 g/mol. The molecule has 0 aromatic rings. The van der Waals surface area contributed by atoms with Crippen LogP contribution in [0.1, 0.15) is 39.5 Å². The molecule has 0 spiro atoms. The smallest absolute Gasteiger partial charge is 0.0577 e. The molecule has 1 saturated heterocycles. The molecule has 1 fully saturated rings. The molecule has 10 heavy (non-hydrogen) atoms. The summed E-state index contributed by atoms with van der Waals surface area (Å²) >= 11 is 0. The number of ether oxygens (including phenoxy) is 1. The summed E-state index contributed by atoms with van der Waals surface area (Å²) in [5, 5.41) is 0. The average molecular weight is 142 g/mol. The van der Waals surface area contributed by atoms with E-state index in [0.717, 1.165) is 12.5 Å². The lowest BCUT2D eigenvalue weighted by molar-refractivity contribution is 0.00420. The van der Waals surface area contributed by atoms with Crippen molar-refractivity contribution < 1.29 is 4.74 Å². The SMILES string of the molecule is CC(C)CC1CCCCO1. The highest BCUT2D eigenvalue weighted by molar-refractivity contribution is 4.64. The largest absolute Gasteiger partial charge is 0.378 e. The molecule has 0 bridgehead atoms. The Morgan fingerprint density at radius 2 is 2.20 bits per heavy atom. The summed E-state index contributed by atoms with van der Waals surface area (Å²) in [6.45, 7) is 5.52. The monoisotopic (exact) mass is 142 g/mol. The van der Waals surface area contributed by atoms with Crippen LogP contribution in [0.3, 0.4) is 0 Å². The molecule has 0 amide bonds. The molecule has 1 heteroatoms. The first-order valence-corrected chi connectivity index (χ1v) is 4.40. The van der Waals surface area contributed by atoms with Gasteiger partial charge in [-0.3, -0.25) is 0 Å². The van der Waals surface area contributed by atoms with Crippen molar-refractivity contribution in [3.63, 3.8) is 0 Å². The highest BCUT2D eigenvalue weighted by Gasteiger charge is 2.14. The predicted molar refractivity (Wildman–Crippen MR) is 43.0 cm³/mol. The third-order valence-corrected chi connectivity index (χ3v) is 2.01. The lowest BCUT2D eigenvalue weighted by atomic mass is 10.00. The van der Waals surface area contributed by atoms with Crippen LogP contribution in [0, 0.1) is 5.92 Å². The summed E-state index contributed by atoms with van der Waals surface area (Å²) in [5.74, 6) is 0.795. The van der Waals surface area contributed by atoms with Gasteiger partial charge in [0.15, 0.2) is 0 Å². The lowest BCUT2D eigenvalue weighted by Gasteiger charge is -2.23. The minimum absolute atomic E-state index is 0.578. The van der Waals surface area contributed by atoms with Gasteiger partial charge >= 0.3 is 0 Å². The summed E-state index contributed by atoms with van der Waals surface area (Å²) in [6, 6.07) is 0. The number of rotatable bonds is 2. The van der Waals surface area contributed by atoms with Gasteiger partial charge in [-0.1, -0.05) is 13.8 Å². The van der Waals surface area contributed by atoms with Gasteiger partial charge < -0.3 is 4.74 Å². The van der Waals surface area contributed by atoms with Crippen molar-refractivity contribution in [1.29, 1.82) is 0 Å². The number of hydrogen-bond acceptors (Lipinski definition) is 1. The quantitative estimate of drug-likeness (QED) is 0.576. The number of hydrogen-bond donors (Lipinski definition) is 0. The van der Waals surface area contributed by atoms with Gasteiger partial charge in [0.25, 0.3) is 0 Å². The first-order chi connectivity index (χ1) is 4.79. The maximum atomic E-state index is 5.59. The van der Waals surface area contributed by atoms with Crippen LogP contribution in [0.25, 0.3) is 0 Å². The van der Waals surface area contributed by atoms with E-state index in [0.29, 0.717) is 6.10 Å². The van der Waals surface area contributed by atoms with E-state index in [1.165, 1.54) is 25.7 Å². The van der Waals surface area contributed by atoms with E-state index in [1.54, 1.807) is 0 Å². The van der Waals surface area contributed by atoms with Crippen molar-refractivity contribution in [2.75, 3.05) is 6.61 Å². The van der Waals surface area contributed by atoms with Gasteiger partial charge in [0.2, 0.25) is 0 Å². The maximum Gasteiger partial charge on any atom is 0.0577 e. The summed E-state index contributed by atoms with van der Waals surface area (Å²) < 4.78 is 5.59. The molecule has 1 atom stereocenters. The van der Waals surface area contributed by atoms with E-state index in [9.17, 15) is 0 Å². The Morgan fingerprint density at radius 3 is 2.70 bits per heavy atom. The fourth-order valence-corrected chi connectivity index (χ4v) is 1.52. The zero-order chi connectivity index (χ0) is 7.40. The minimum atomic E-state index is 0.578. The Hall–Kier alpha value is -0.0400. The van der Waals surface area contributed by atoms with Crippen molar-refractivity contribution >= 4 is 0 Å². The fourth-order valence-electron chi connectivity index (χ4n) is 1.52. The van der Waals surface area contributed by atoms with E-state index in [4.69, 9.17) is 4.74 Å². The van der Waals surface area contributed by atoms with Crippen LogP contribution in [0.4, 0.5) is 0 Å². The van der Waals surface area contributed by atoms with Crippen LogP contribution in [-0.4, -0.2) is 12.7 Å². The van der Waals surface area contributed by atoms with Crippen molar-refractivity contribution in [3.8, 4) is 0 Å². The molecule has 0 N–H and O–H groups in total. The van der Waals surface area contributed by atoms with E-state index >= 15 is 0 Å². The van der Waals surface area contributed by atoms with Crippen molar-refractivity contribution in [1.82, 2.24) is 0 Å². The summed E-state index contributed by atoms with van der Waals surface area (Å²) in [4.78, 5) is 0. The molecule has 0 saturated carbocycles. The predicted octanol–water partition coefficient (Wildman–Crippen LogP) is 2.60. The Bertz CT molecular complexity index is 82.7. The molecule has 0 radical (unpaired) electrons. The maximum absolute atomic E-state index is 5.59. The van der Waals surface area contributed by atoms with Crippen LogP contribution in [0.15, 0.2) is 0 Å². The first kappa shape index (κ1) is 8.06. The van der Waals surface area contributed by atoms with E-state index < -0.39 is 0 Å². The normalized spacial score (nSPS) is 27.3. The van der Waals surface area contributed by atoms with Crippen molar-refractivity contribution in [2.24, 2.45) is 5.92 Å². The third-order valence-electron chi connectivity index (χ3n) is 2.01. The molecule has 0 aliphatic carbocycles. The molecule has 1 aliphatic rings. The van der Waals surface area contributed by atoms with Gasteiger partial charge in [0.1, 0.15) is 0 Å². The average Bonchev–Trinajstić information content (AvgIpc) is 1.88. The second-order valence-corrected chi connectivity index (χ2v) is 3.62. The van der Waals surface area contributed by atoms with Gasteiger partial charge in [-0.15, -0.1) is 0 Å². The Morgan fingerprint density at radius 1 is 1.40 bits per heavy atom. The molecule has 1 rings (SSSR count). The molecule has 1 unspecified atom stereocenters. The molecule has 1 heterocycles. The fraction of sp³-hybridized carbons (Fsp3) is 1.00. The summed E-state index contributed by atoms with van der Waals surface area (Å²) in [6.07, 6.45) is 5.76. The van der Waals surface area contributed by atoms with Gasteiger partial charge in [0, 0.05) is 6.61 Å². The lowest BCUT2D eigenvalue weighted by Crippen LogP contribution is -2.20. The van der Waals surface area contributed by atoms with Gasteiger partial charge in [-0.2, -0.15) is 0 Å². The van der Waals surface area contributed by atoms with E-state index in [-0.39, 0.29) is 0 Å². The third kappa shape index (κ3) is 2.70. The minimum Gasteiger partial charge on any atom is -0.378 e. The van der Waals surface area contributed by atoms with Crippen LogP contribution in [0.5, 0.6) is 0 Å². The van der Waals surface area contributed by atoms with Gasteiger partial charge in [0.05, 0.1) is 6.10 Å². The van der Waals surface area contributed by atoms with Gasteiger partial charge in [-0.05, 0) is 31.6 Å². The van der Waals surface area contributed by atoms with E-state index in [2.05, 4.69) is 13.8 Å². The van der Waals surface area contributed by atoms with Crippen molar-refractivity contribution in [3.05, 3.63) is 0 Å². The molecule has 1 aliphatic heterocycles. The molecule has 1 nitrogen and oxygen atoms in total. The van der Waals surface area contributed by atoms with Crippen molar-refractivity contribution in [2.45, 2.75) is 45.6 Å². The zero-order valence-electron chi connectivity index (χ0n) is 7.10. The van der Waals surface area contributed by atoms with Crippen LogP contribution >= 0.6 is 0 Å². The van der Waals surface area contributed by atoms with Crippen LogP contribution in [-0.2, 0) is 4.74 Å². The van der Waals surface area contributed by atoms with Crippen LogP contribution in [0.2, 0.25) is 0 Å². The summed E-state index contributed by atoms with van der Waals surface area (Å²) in [7, 11) is 0. The highest BCUT2D eigenvalue weighted by Crippen LogP contribution is 2.18. The Labute approximate surface area is 63.8 Å². The first-order valence-electron chi connectivity index (χ1n) is 4.40. The molecule has 0 aromatic carbocycles. The van der Waals surface area contributed by atoms with E-state index in [1.807, 2.05) is 0 Å².